The molecule has 18 heavy (non-hydrogen) atoms. The van der Waals surface area contributed by atoms with Crippen LogP contribution in [0.1, 0.15) is 5.82 Å². The van der Waals surface area contributed by atoms with E-state index in [9.17, 15) is 4.39 Å². The van der Waals surface area contributed by atoms with Crippen molar-refractivity contribution in [2.24, 2.45) is 0 Å². The largest absolute Gasteiger partial charge is 0.377 e. The zero-order valence-corrected chi connectivity index (χ0v) is 10.3. The van der Waals surface area contributed by atoms with Gasteiger partial charge in [-0.05, 0) is 12.1 Å². The van der Waals surface area contributed by atoms with E-state index in [0.29, 0.717) is 29.5 Å². The van der Waals surface area contributed by atoms with Crippen molar-refractivity contribution in [3.05, 3.63) is 42.0 Å². The van der Waals surface area contributed by atoms with Crippen molar-refractivity contribution in [3.63, 3.8) is 0 Å². The summed E-state index contributed by atoms with van der Waals surface area (Å²) in [7, 11) is 3.35. The highest BCUT2D eigenvalue weighted by Gasteiger charge is 2.06. The Morgan fingerprint density at radius 2 is 2.11 bits per heavy atom. The topological polar surface area (TPSA) is 47.0 Å². The van der Waals surface area contributed by atoms with Crippen LogP contribution < -0.4 is 5.32 Å². The molecule has 0 bridgehead atoms. The third kappa shape index (κ3) is 2.81. The molecule has 1 aromatic heterocycles. The molecule has 0 unspecified atom stereocenters. The number of aromatic nitrogens is 2. The quantitative estimate of drug-likeness (QED) is 0.901. The minimum Gasteiger partial charge on any atom is -0.377 e. The van der Waals surface area contributed by atoms with Crippen LogP contribution in [0.4, 0.5) is 10.2 Å². The summed E-state index contributed by atoms with van der Waals surface area (Å²) in [5.74, 6) is 0.949. The van der Waals surface area contributed by atoms with Crippen LogP contribution in [0.3, 0.4) is 0 Å². The lowest BCUT2D eigenvalue weighted by Gasteiger charge is -2.07. The van der Waals surface area contributed by atoms with Crippen LogP contribution in [0.2, 0.25) is 0 Å². The van der Waals surface area contributed by atoms with E-state index in [1.54, 1.807) is 32.4 Å². The molecule has 0 fully saturated rings. The molecular weight excluding hydrogens is 233 g/mol. The molecule has 94 valence electrons. The summed E-state index contributed by atoms with van der Waals surface area (Å²) in [6.45, 7) is 0.317. The molecule has 1 N–H and O–H groups in total. The minimum absolute atomic E-state index is 0.287. The number of halogens is 1. The number of anilines is 1. The van der Waals surface area contributed by atoms with Gasteiger partial charge in [0, 0.05) is 25.8 Å². The fourth-order valence-corrected chi connectivity index (χ4v) is 1.61. The van der Waals surface area contributed by atoms with Crippen LogP contribution in [-0.2, 0) is 11.3 Å². The van der Waals surface area contributed by atoms with E-state index >= 15 is 0 Å². The van der Waals surface area contributed by atoms with Gasteiger partial charge in [0.1, 0.15) is 18.2 Å². The van der Waals surface area contributed by atoms with E-state index in [4.69, 9.17) is 4.74 Å². The number of rotatable bonds is 4. The first-order valence-electron chi connectivity index (χ1n) is 5.53. The van der Waals surface area contributed by atoms with Gasteiger partial charge in [0.15, 0.2) is 5.82 Å². The van der Waals surface area contributed by atoms with E-state index in [1.165, 1.54) is 12.1 Å². The predicted octanol–water partition coefficient (Wildman–Crippen LogP) is 2.47. The van der Waals surface area contributed by atoms with Gasteiger partial charge < -0.3 is 10.1 Å². The second-order valence-electron chi connectivity index (χ2n) is 3.75. The van der Waals surface area contributed by atoms with E-state index < -0.39 is 0 Å². The third-order valence-electron chi connectivity index (χ3n) is 2.42. The standard InChI is InChI=1S/C13H14FN3O/c1-15-12-7-11(16-13(17-12)8-18-2)9-4-3-5-10(14)6-9/h3-7H,8H2,1-2H3,(H,15,16,17). The van der Waals surface area contributed by atoms with Crippen LogP contribution in [0.25, 0.3) is 11.3 Å². The Bertz CT molecular complexity index is 546. The Labute approximate surface area is 105 Å². The molecule has 0 aliphatic heterocycles. The molecule has 2 rings (SSSR count). The van der Waals surface area contributed by atoms with Gasteiger partial charge in [0.2, 0.25) is 0 Å². The van der Waals surface area contributed by atoms with Gasteiger partial charge in [-0.15, -0.1) is 0 Å². The molecule has 1 aromatic carbocycles. The molecule has 0 amide bonds. The van der Waals surface area contributed by atoms with E-state index in [1.807, 2.05) is 0 Å². The van der Waals surface area contributed by atoms with Gasteiger partial charge in [-0.3, -0.25) is 0 Å². The maximum atomic E-state index is 13.2. The lowest BCUT2D eigenvalue weighted by molar-refractivity contribution is 0.178. The molecule has 4 nitrogen and oxygen atoms in total. The highest BCUT2D eigenvalue weighted by Crippen LogP contribution is 2.20. The average molecular weight is 247 g/mol. The van der Waals surface area contributed by atoms with Gasteiger partial charge in [-0.1, -0.05) is 12.1 Å². The number of nitrogens with zero attached hydrogens (tertiary/aromatic N) is 2. The van der Waals surface area contributed by atoms with E-state index in [2.05, 4.69) is 15.3 Å². The number of benzene rings is 1. The molecule has 0 aliphatic rings. The van der Waals surface area contributed by atoms with Crippen molar-refractivity contribution in [2.45, 2.75) is 6.61 Å². The Morgan fingerprint density at radius 1 is 1.28 bits per heavy atom. The zero-order valence-electron chi connectivity index (χ0n) is 10.3. The van der Waals surface area contributed by atoms with Crippen LogP contribution in [-0.4, -0.2) is 24.1 Å². The second kappa shape index (κ2) is 5.55. The lowest BCUT2D eigenvalue weighted by atomic mass is 10.1. The summed E-state index contributed by atoms with van der Waals surface area (Å²) in [5, 5.41) is 2.95. The normalized spacial score (nSPS) is 10.4. The Balaban J connectivity index is 2.46. The van der Waals surface area contributed by atoms with E-state index in [-0.39, 0.29) is 5.82 Å². The maximum Gasteiger partial charge on any atom is 0.157 e. The monoisotopic (exact) mass is 247 g/mol. The molecule has 0 atom stereocenters. The first-order chi connectivity index (χ1) is 8.72. The van der Waals surface area contributed by atoms with Crippen LogP contribution >= 0.6 is 0 Å². The van der Waals surface area contributed by atoms with Gasteiger partial charge in [-0.25, -0.2) is 14.4 Å². The van der Waals surface area contributed by atoms with Crippen molar-refractivity contribution < 1.29 is 9.13 Å². The van der Waals surface area contributed by atoms with Crippen molar-refractivity contribution in [3.8, 4) is 11.3 Å². The van der Waals surface area contributed by atoms with Gasteiger partial charge in [0.05, 0.1) is 5.69 Å². The fourth-order valence-electron chi connectivity index (χ4n) is 1.61. The third-order valence-corrected chi connectivity index (χ3v) is 2.42. The maximum absolute atomic E-state index is 13.2. The predicted molar refractivity (Wildman–Crippen MR) is 67.7 cm³/mol. The second-order valence-corrected chi connectivity index (χ2v) is 3.75. The molecule has 0 saturated heterocycles. The first-order valence-corrected chi connectivity index (χ1v) is 5.53. The Hall–Kier alpha value is -2.01. The van der Waals surface area contributed by atoms with Crippen LogP contribution in [0.15, 0.2) is 30.3 Å². The molecule has 5 heteroatoms. The number of hydrogen-bond donors (Lipinski definition) is 1. The zero-order chi connectivity index (χ0) is 13.0. The fraction of sp³-hybridized carbons (Fsp3) is 0.231. The summed E-state index contributed by atoms with van der Waals surface area (Å²) in [6.07, 6.45) is 0. The SMILES string of the molecule is CNc1cc(-c2cccc(F)c2)nc(COC)n1. The van der Waals surface area contributed by atoms with Gasteiger partial charge in [0.25, 0.3) is 0 Å². The summed E-state index contributed by atoms with van der Waals surface area (Å²) < 4.78 is 18.2. The Kier molecular flexibility index (Phi) is 3.84. The Morgan fingerprint density at radius 3 is 2.78 bits per heavy atom. The summed E-state index contributed by atoms with van der Waals surface area (Å²) in [4.78, 5) is 8.59. The van der Waals surface area contributed by atoms with Crippen molar-refractivity contribution in [1.82, 2.24) is 9.97 Å². The van der Waals surface area contributed by atoms with Gasteiger partial charge >= 0.3 is 0 Å². The van der Waals surface area contributed by atoms with Crippen LogP contribution in [0, 0.1) is 5.82 Å². The molecule has 0 aliphatic carbocycles. The van der Waals surface area contributed by atoms with Crippen molar-refractivity contribution >= 4 is 5.82 Å². The molecule has 0 radical (unpaired) electrons. The van der Waals surface area contributed by atoms with Crippen molar-refractivity contribution in [1.29, 1.82) is 0 Å². The number of nitrogens with one attached hydrogen (secondary N) is 1. The number of ether oxygens (including phenoxy) is 1. The van der Waals surface area contributed by atoms with Crippen LogP contribution in [0.5, 0.6) is 0 Å². The highest BCUT2D eigenvalue weighted by molar-refractivity contribution is 5.62. The molecular formula is C13H14FN3O. The smallest absolute Gasteiger partial charge is 0.157 e. The highest BCUT2D eigenvalue weighted by atomic mass is 19.1. The summed E-state index contributed by atoms with van der Waals surface area (Å²) in [5.41, 5.74) is 1.38. The molecule has 1 heterocycles. The first kappa shape index (κ1) is 12.4. The average Bonchev–Trinajstić information content (AvgIpc) is 2.39. The van der Waals surface area contributed by atoms with Crippen molar-refractivity contribution in [2.75, 3.05) is 19.5 Å². The number of hydrogen-bond acceptors (Lipinski definition) is 4. The van der Waals surface area contributed by atoms with E-state index in [0.717, 1.165) is 0 Å². The lowest BCUT2D eigenvalue weighted by Crippen LogP contribution is -2.02. The summed E-state index contributed by atoms with van der Waals surface area (Å²) in [6, 6.07) is 8.08. The molecule has 0 spiro atoms. The summed E-state index contributed by atoms with van der Waals surface area (Å²) >= 11 is 0. The molecule has 2 aromatic rings. The van der Waals surface area contributed by atoms with Gasteiger partial charge in [-0.2, -0.15) is 0 Å². The minimum atomic E-state index is -0.287. The molecule has 0 saturated carbocycles. The number of methoxy groups -OCH3 is 1.